The molecule has 1 atom stereocenters. The monoisotopic (exact) mass is 284 g/mol. The molecule has 2 aromatic rings. The number of hydrogen-bond donors (Lipinski definition) is 2. The maximum Gasteiger partial charge on any atom is 0.245 e. The minimum absolute atomic E-state index is 0.233. The molecule has 21 heavy (non-hydrogen) atoms. The fourth-order valence-corrected chi connectivity index (χ4v) is 2.10. The smallest absolute Gasteiger partial charge is 0.245 e. The maximum absolute atomic E-state index is 12.2. The van der Waals surface area contributed by atoms with Gasteiger partial charge in [-0.2, -0.15) is 0 Å². The summed E-state index contributed by atoms with van der Waals surface area (Å²) in [6.07, 6.45) is 0. The van der Waals surface area contributed by atoms with Gasteiger partial charge in [0.05, 0.1) is 7.11 Å². The lowest BCUT2D eigenvalue weighted by Gasteiger charge is -2.14. The van der Waals surface area contributed by atoms with E-state index in [-0.39, 0.29) is 5.91 Å². The third kappa shape index (κ3) is 3.61. The molecule has 0 bridgehead atoms. The average molecular weight is 284 g/mol. The lowest BCUT2D eigenvalue weighted by molar-refractivity contribution is -0.117. The van der Waals surface area contributed by atoms with Gasteiger partial charge in [-0.05, 0) is 43.2 Å². The summed E-state index contributed by atoms with van der Waals surface area (Å²) >= 11 is 0. The van der Waals surface area contributed by atoms with Gasteiger partial charge in [-0.25, -0.2) is 0 Å². The number of ether oxygens (including phenoxy) is 1. The molecule has 0 heterocycles. The minimum Gasteiger partial charge on any atom is -0.496 e. The van der Waals surface area contributed by atoms with Crippen LogP contribution < -0.4 is 15.8 Å². The number of nitrogens with one attached hydrogen (secondary N) is 1. The fourth-order valence-electron chi connectivity index (χ4n) is 2.10. The first kappa shape index (κ1) is 15.1. The van der Waals surface area contributed by atoms with Crippen LogP contribution >= 0.6 is 0 Å². The summed E-state index contributed by atoms with van der Waals surface area (Å²) < 4.78 is 5.20. The molecule has 4 heteroatoms. The van der Waals surface area contributed by atoms with Crippen LogP contribution in [0.3, 0.4) is 0 Å². The van der Waals surface area contributed by atoms with Crippen molar-refractivity contribution in [2.24, 2.45) is 5.73 Å². The van der Waals surface area contributed by atoms with Gasteiger partial charge in [0.1, 0.15) is 11.8 Å². The molecule has 4 nitrogen and oxygen atoms in total. The number of methoxy groups -OCH3 is 1. The summed E-state index contributed by atoms with van der Waals surface area (Å²) in [5, 5.41) is 2.83. The van der Waals surface area contributed by atoms with Gasteiger partial charge in [-0.15, -0.1) is 0 Å². The molecule has 0 saturated carbocycles. The molecular formula is C17H20N2O2. The number of carbonyl (C=O) groups is 1. The first-order valence-corrected chi connectivity index (χ1v) is 6.79. The van der Waals surface area contributed by atoms with Gasteiger partial charge < -0.3 is 15.8 Å². The van der Waals surface area contributed by atoms with E-state index in [4.69, 9.17) is 10.5 Å². The zero-order valence-electron chi connectivity index (χ0n) is 12.5. The molecule has 2 aromatic carbocycles. The molecular weight excluding hydrogens is 264 g/mol. The number of anilines is 1. The molecule has 0 radical (unpaired) electrons. The molecule has 3 N–H and O–H groups in total. The van der Waals surface area contributed by atoms with Crippen molar-refractivity contribution in [1.82, 2.24) is 0 Å². The third-order valence-corrected chi connectivity index (χ3v) is 3.38. The normalized spacial score (nSPS) is 11.8. The number of nitrogens with two attached hydrogens (primary N) is 1. The van der Waals surface area contributed by atoms with Crippen LogP contribution in [-0.4, -0.2) is 13.0 Å². The summed E-state index contributed by atoms with van der Waals surface area (Å²) in [6.45, 7) is 3.92. The van der Waals surface area contributed by atoms with Crippen molar-refractivity contribution in [1.29, 1.82) is 0 Å². The van der Waals surface area contributed by atoms with Crippen molar-refractivity contribution >= 4 is 11.6 Å². The van der Waals surface area contributed by atoms with Gasteiger partial charge in [0.15, 0.2) is 0 Å². The number of benzene rings is 2. The van der Waals surface area contributed by atoms with Crippen molar-refractivity contribution in [3.05, 3.63) is 59.2 Å². The zero-order valence-corrected chi connectivity index (χ0v) is 12.5. The Hall–Kier alpha value is -2.33. The molecule has 110 valence electrons. The van der Waals surface area contributed by atoms with Crippen LogP contribution in [0.4, 0.5) is 5.69 Å². The number of aryl methyl sites for hydroxylation is 2. The molecule has 1 amide bonds. The van der Waals surface area contributed by atoms with E-state index < -0.39 is 6.04 Å². The molecule has 1 unspecified atom stereocenters. The van der Waals surface area contributed by atoms with E-state index in [1.54, 1.807) is 13.2 Å². The molecule has 0 aliphatic heterocycles. The quantitative estimate of drug-likeness (QED) is 0.907. The first-order chi connectivity index (χ1) is 10.0. The van der Waals surface area contributed by atoms with E-state index in [1.165, 1.54) is 0 Å². The van der Waals surface area contributed by atoms with Crippen LogP contribution in [0, 0.1) is 13.8 Å². The van der Waals surface area contributed by atoms with E-state index in [2.05, 4.69) is 5.32 Å². The molecule has 0 fully saturated rings. The zero-order chi connectivity index (χ0) is 15.4. The second-order valence-corrected chi connectivity index (χ2v) is 5.06. The lowest BCUT2D eigenvalue weighted by Crippen LogP contribution is -2.27. The Bertz CT molecular complexity index is 636. The van der Waals surface area contributed by atoms with Crippen molar-refractivity contribution in [2.45, 2.75) is 19.9 Å². The second kappa shape index (κ2) is 6.41. The Balaban J connectivity index is 2.10. The number of rotatable bonds is 4. The standard InChI is InChI=1S/C17H20N2O2/c1-11-4-6-13(7-5-11)16(18)17(20)19-14-8-9-15(21-3)12(2)10-14/h4-10,16H,18H2,1-3H3,(H,19,20). The highest BCUT2D eigenvalue weighted by Gasteiger charge is 2.16. The van der Waals surface area contributed by atoms with Crippen LogP contribution in [-0.2, 0) is 4.79 Å². The predicted molar refractivity (Wildman–Crippen MR) is 84.5 cm³/mol. The van der Waals surface area contributed by atoms with Crippen molar-refractivity contribution in [2.75, 3.05) is 12.4 Å². The number of carbonyl (C=O) groups excluding carboxylic acids is 1. The summed E-state index contributed by atoms with van der Waals surface area (Å²) in [4.78, 5) is 12.2. The summed E-state index contributed by atoms with van der Waals surface area (Å²) in [7, 11) is 1.62. The van der Waals surface area contributed by atoms with Gasteiger partial charge >= 0.3 is 0 Å². The Kier molecular flexibility index (Phi) is 4.60. The van der Waals surface area contributed by atoms with Crippen LogP contribution in [0.5, 0.6) is 5.75 Å². The van der Waals surface area contributed by atoms with E-state index in [1.807, 2.05) is 50.2 Å². The van der Waals surface area contributed by atoms with E-state index in [0.717, 1.165) is 22.4 Å². The molecule has 0 spiro atoms. The fraction of sp³-hybridized carbons (Fsp3) is 0.235. The Morgan fingerprint density at radius 2 is 1.81 bits per heavy atom. The Morgan fingerprint density at radius 3 is 2.38 bits per heavy atom. The molecule has 0 aliphatic carbocycles. The summed E-state index contributed by atoms with van der Waals surface area (Å²) in [6, 6.07) is 12.4. The maximum atomic E-state index is 12.2. The molecule has 2 rings (SSSR count). The predicted octanol–water partition coefficient (Wildman–Crippen LogP) is 2.95. The minimum atomic E-state index is -0.687. The highest BCUT2D eigenvalue weighted by Crippen LogP contribution is 2.22. The first-order valence-electron chi connectivity index (χ1n) is 6.79. The topological polar surface area (TPSA) is 64.3 Å². The number of hydrogen-bond acceptors (Lipinski definition) is 3. The van der Waals surface area contributed by atoms with Crippen LogP contribution in [0.2, 0.25) is 0 Å². The molecule has 0 saturated heterocycles. The van der Waals surface area contributed by atoms with Gasteiger partial charge in [0.25, 0.3) is 0 Å². The van der Waals surface area contributed by atoms with Gasteiger partial charge in [-0.1, -0.05) is 29.8 Å². The van der Waals surface area contributed by atoms with Gasteiger partial charge in [-0.3, -0.25) is 4.79 Å². The van der Waals surface area contributed by atoms with E-state index in [0.29, 0.717) is 5.69 Å². The van der Waals surface area contributed by atoms with Crippen LogP contribution in [0.1, 0.15) is 22.7 Å². The van der Waals surface area contributed by atoms with Crippen molar-refractivity contribution in [3.8, 4) is 5.75 Å². The largest absolute Gasteiger partial charge is 0.496 e. The van der Waals surface area contributed by atoms with E-state index in [9.17, 15) is 4.79 Å². The van der Waals surface area contributed by atoms with Crippen molar-refractivity contribution < 1.29 is 9.53 Å². The second-order valence-electron chi connectivity index (χ2n) is 5.06. The lowest BCUT2D eigenvalue weighted by atomic mass is 10.1. The SMILES string of the molecule is COc1ccc(NC(=O)C(N)c2ccc(C)cc2)cc1C. The van der Waals surface area contributed by atoms with Gasteiger partial charge in [0.2, 0.25) is 5.91 Å². The third-order valence-electron chi connectivity index (χ3n) is 3.38. The highest BCUT2D eigenvalue weighted by atomic mass is 16.5. The average Bonchev–Trinajstić information content (AvgIpc) is 2.47. The molecule has 0 aliphatic rings. The molecule has 0 aromatic heterocycles. The van der Waals surface area contributed by atoms with Crippen LogP contribution in [0.25, 0.3) is 0 Å². The Labute approximate surface area is 124 Å². The Morgan fingerprint density at radius 1 is 1.14 bits per heavy atom. The van der Waals surface area contributed by atoms with Crippen molar-refractivity contribution in [3.63, 3.8) is 0 Å². The van der Waals surface area contributed by atoms with Crippen LogP contribution in [0.15, 0.2) is 42.5 Å². The summed E-state index contributed by atoms with van der Waals surface area (Å²) in [5.74, 6) is 0.555. The highest BCUT2D eigenvalue weighted by molar-refractivity contribution is 5.95. The van der Waals surface area contributed by atoms with Gasteiger partial charge in [0, 0.05) is 5.69 Å². The summed E-state index contributed by atoms with van der Waals surface area (Å²) in [5.41, 5.74) is 9.59. The number of amides is 1. The van der Waals surface area contributed by atoms with E-state index >= 15 is 0 Å².